The number of thiophene rings is 1. The molecule has 0 spiro atoms. The number of nitrogens with two attached hydrogens (primary N) is 1. The monoisotopic (exact) mass is 526 g/mol. The number of halogens is 1. The summed E-state index contributed by atoms with van der Waals surface area (Å²) < 4.78 is 13.8. The number of benzene rings is 2. The van der Waals surface area contributed by atoms with Gasteiger partial charge in [-0.1, -0.05) is 32.0 Å². The van der Waals surface area contributed by atoms with Crippen molar-refractivity contribution >= 4 is 39.8 Å². The first-order valence-corrected chi connectivity index (χ1v) is 13.0. The lowest BCUT2D eigenvalue weighted by Gasteiger charge is -2.23. The lowest BCUT2D eigenvalue weighted by atomic mass is 9.95. The Morgan fingerprint density at radius 1 is 1.03 bits per heavy atom. The van der Waals surface area contributed by atoms with Crippen LogP contribution in [-0.2, 0) is 6.54 Å². The molecule has 0 aliphatic heterocycles. The average Bonchev–Trinajstić information content (AvgIpc) is 3.39. The lowest BCUT2D eigenvalue weighted by molar-refractivity contribution is 0.0926. The molecule has 38 heavy (non-hydrogen) atoms. The van der Waals surface area contributed by atoms with Gasteiger partial charge in [0.2, 0.25) is 0 Å². The molecular formula is C29H27FN6OS. The van der Waals surface area contributed by atoms with Crippen LogP contribution in [0.1, 0.15) is 40.7 Å². The van der Waals surface area contributed by atoms with E-state index in [0.717, 1.165) is 31.8 Å². The number of hydrogen-bond donors (Lipinski definition) is 3. The van der Waals surface area contributed by atoms with Gasteiger partial charge in [-0.2, -0.15) is 0 Å². The highest BCUT2D eigenvalue weighted by atomic mass is 32.1. The summed E-state index contributed by atoms with van der Waals surface area (Å²) in [4.78, 5) is 28.2. The molecule has 0 fully saturated rings. The first-order valence-electron chi connectivity index (χ1n) is 12.2. The summed E-state index contributed by atoms with van der Waals surface area (Å²) in [6.45, 7) is 4.48. The summed E-state index contributed by atoms with van der Waals surface area (Å²) in [7, 11) is 0. The molecule has 4 N–H and O–H groups in total. The molecule has 192 valence electrons. The Balaban J connectivity index is 1.31. The number of rotatable bonds is 8. The molecule has 0 aliphatic carbocycles. The summed E-state index contributed by atoms with van der Waals surface area (Å²) in [5.74, 6) is 0.398. The molecule has 1 atom stereocenters. The van der Waals surface area contributed by atoms with Gasteiger partial charge in [0.05, 0.1) is 23.7 Å². The van der Waals surface area contributed by atoms with Crippen molar-refractivity contribution in [2.75, 3.05) is 11.1 Å². The first kappa shape index (κ1) is 25.3. The molecule has 2 aromatic carbocycles. The summed E-state index contributed by atoms with van der Waals surface area (Å²) in [5, 5.41) is 7.18. The molecule has 5 rings (SSSR count). The van der Waals surface area contributed by atoms with Crippen molar-refractivity contribution in [3.63, 3.8) is 0 Å². The zero-order chi connectivity index (χ0) is 26.6. The fourth-order valence-electron chi connectivity index (χ4n) is 4.31. The lowest BCUT2D eigenvalue weighted by Crippen LogP contribution is -2.32. The van der Waals surface area contributed by atoms with Crippen LogP contribution in [0.3, 0.4) is 0 Å². The van der Waals surface area contributed by atoms with Crippen LogP contribution in [0.5, 0.6) is 0 Å². The highest BCUT2D eigenvalue weighted by Crippen LogP contribution is 2.32. The van der Waals surface area contributed by atoms with Gasteiger partial charge in [-0.25, -0.2) is 19.3 Å². The van der Waals surface area contributed by atoms with Crippen molar-refractivity contribution in [2.24, 2.45) is 5.92 Å². The fourth-order valence-corrected chi connectivity index (χ4v) is 5.26. The van der Waals surface area contributed by atoms with Gasteiger partial charge in [0.1, 0.15) is 23.8 Å². The van der Waals surface area contributed by atoms with E-state index in [1.54, 1.807) is 35.7 Å². The largest absolute Gasteiger partial charge is 0.383 e. The van der Waals surface area contributed by atoms with Crippen LogP contribution < -0.4 is 16.4 Å². The Hall–Kier alpha value is -4.37. The van der Waals surface area contributed by atoms with Crippen LogP contribution in [0.4, 0.5) is 16.0 Å². The van der Waals surface area contributed by atoms with Gasteiger partial charge in [-0.3, -0.25) is 4.79 Å². The topological polar surface area (TPSA) is 106 Å². The van der Waals surface area contributed by atoms with Crippen LogP contribution in [-0.4, -0.2) is 20.9 Å². The van der Waals surface area contributed by atoms with E-state index in [9.17, 15) is 9.18 Å². The van der Waals surface area contributed by atoms with E-state index in [0.29, 0.717) is 23.7 Å². The number of fused-ring (bicyclic) bond motifs is 1. The van der Waals surface area contributed by atoms with E-state index in [-0.39, 0.29) is 23.7 Å². The maximum Gasteiger partial charge on any atom is 0.255 e. The normalized spacial score (nSPS) is 12.0. The predicted molar refractivity (Wildman–Crippen MR) is 150 cm³/mol. The molecule has 0 saturated carbocycles. The summed E-state index contributed by atoms with van der Waals surface area (Å²) in [6, 6.07) is 19.5. The maximum atomic E-state index is 13.8. The molecule has 3 heterocycles. The number of nitrogen functional groups attached to an aromatic ring is 1. The molecule has 5 aromatic rings. The Morgan fingerprint density at radius 2 is 1.89 bits per heavy atom. The smallest absolute Gasteiger partial charge is 0.255 e. The quantitative estimate of drug-likeness (QED) is 0.222. The fraction of sp³-hybridized carbons (Fsp3) is 0.172. The van der Waals surface area contributed by atoms with E-state index in [1.165, 1.54) is 18.5 Å². The Kier molecular flexibility index (Phi) is 7.28. The predicted octanol–water partition coefficient (Wildman–Crippen LogP) is 6.21. The third kappa shape index (κ3) is 5.47. The van der Waals surface area contributed by atoms with Crippen LogP contribution in [0, 0.1) is 11.7 Å². The molecule has 0 saturated heterocycles. The number of anilines is 2. The molecule has 0 bridgehead atoms. The molecule has 3 aromatic heterocycles. The second-order valence-electron chi connectivity index (χ2n) is 9.26. The highest BCUT2D eigenvalue weighted by Gasteiger charge is 2.21. The summed E-state index contributed by atoms with van der Waals surface area (Å²) in [5.41, 5.74) is 9.02. The van der Waals surface area contributed by atoms with Gasteiger partial charge in [-0.15, -0.1) is 11.3 Å². The van der Waals surface area contributed by atoms with Gasteiger partial charge < -0.3 is 16.4 Å². The molecule has 7 nitrogen and oxygen atoms in total. The number of nitrogens with one attached hydrogen (secondary N) is 2. The van der Waals surface area contributed by atoms with Crippen LogP contribution in [0.15, 0.2) is 79.3 Å². The van der Waals surface area contributed by atoms with E-state index >= 15 is 0 Å². The van der Waals surface area contributed by atoms with Crippen molar-refractivity contribution in [2.45, 2.75) is 26.4 Å². The minimum atomic E-state index is -0.340. The number of carbonyl (C=O) groups excluding carboxylic acids is 1. The number of amides is 1. The van der Waals surface area contributed by atoms with Gasteiger partial charge in [0, 0.05) is 21.3 Å². The van der Waals surface area contributed by atoms with E-state index in [1.807, 2.05) is 44.2 Å². The molecule has 0 radical (unpaired) electrons. The van der Waals surface area contributed by atoms with Gasteiger partial charge in [0.15, 0.2) is 0 Å². The molecule has 0 aliphatic rings. The van der Waals surface area contributed by atoms with E-state index in [4.69, 9.17) is 5.73 Å². The minimum Gasteiger partial charge on any atom is -0.383 e. The van der Waals surface area contributed by atoms with Gasteiger partial charge in [0.25, 0.3) is 5.91 Å². The highest BCUT2D eigenvalue weighted by molar-refractivity contribution is 7.15. The molecule has 1 amide bonds. The first-order chi connectivity index (χ1) is 18.4. The molecular weight excluding hydrogens is 499 g/mol. The standard InChI is InChI=1S/C29H27FN6OS/c1-17(2)26(19-5-3-6-20(30)13-19)36-29(37)22-7-4-12-32-28(22)33-15-21-9-11-25(38-21)18-8-10-24-23(14-18)27(31)35-16-34-24/h3-14,16-17,26H,15H2,1-2H3,(H,32,33)(H,36,37)(H2,31,34,35)/t26-/m0/s1. The van der Waals surface area contributed by atoms with Crippen molar-refractivity contribution < 1.29 is 9.18 Å². The zero-order valence-electron chi connectivity index (χ0n) is 21.0. The van der Waals surface area contributed by atoms with E-state index < -0.39 is 0 Å². The van der Waals surface area contributed by atoms with Crippen molar-refractivity contribution in [1.29, 1.82) is 0 Å². The number of hydrogen-bond acceptors (Lipinski definition) is 7. The Bertz CT molecular complexity index is 1600. The van der Waals surface area contributed by atoms with Crippen LogP contribution in [0.25, 0.3) is 21.3 Å². The average molecular weight is 527 g/mol. The number of nitrogens with zero attached hydrogens (tertiary/aromatic N) is 3. The summed E-state index contributed by atoms with van der Waals surface area (Å²) in [6.07, 6.45) is 3.11. The third-order valence-corrected chi connectivity index (χ3v) is 7.39. The number of pyridine rings is 1. The second-order valence-corrected chi connectivity index (χ2v) is 10.4. The molecule has 0 unspecified atom stereocenters. The zero-order valence-corrected chi connectivity index (χ0v) is 21.8. The van der Waals surface area contributed by atoms with Crippen molar-refractivity contribution in [1.82, 2.24) is 20.3 Å². The van der Waals surface area contributed by atoms with Crippen LogP contribution >= 0.6 is 11.3 Å². The van der Waals surface area contributed by atoms with Crippen molar-refractivity contribution in [3.05, 3.63) is 101 Å². The second kappa shape index (κ2) is 10.9. The summed E-state index contributed by atoms with van der Waals surface area (Å²) >= 11 is 1.64. The molecule has 9 heteroatoms. The third-order valence-electron chi connectivity index (χ3n) is 6.26. The van der Waals surface area contributed by atoms with Gasteiger partial charge >= 0.3 is 0 Å². The van der Waals surface area contributed by atoms with Crippen LogP contribution in [0.2, 0.25) is 0 Å². The van der Waals surface area contributed by atoms with Crippen molar-refractivity contribution in [3.8, 4) is 10.4 Å². The number of aromatic nitrogens is 3. The SMILES string of the molecule is CC(C)[C@H](NC(=O)c1cccnc1NCc1ccc(-c2ccc3ncnc(N)c3c2)s1)c1cccc(F)c1. The Labute approximate surface area is 224 Å². The van der Waals surface area contributed by atoms with Gasteiger partial charge in [-0.05, 0) is 65.6 Å². The minimum absolute atomic E-state index is 0.0652. The Morgan fingerprint density at radius 3 is 2.71 bits per heavy atom. The van der Waals surface area contributed by atoms with E-state index in [2.05, 4.69) is 31.7 Å². The maximum absolute atomic E-state index is 13.8. The number of carbonyl (C=O) groups is 1.